The first-order valence-corrected chi connectivity index (χ1v) is 9.61. The number of rotatable bonds is 10. The van der Waals surface area contributed by atoms with E-state index in [1.807, 2.05) is 12.1 Å². The van der Waals surface area contributed by atoms with Gasteiger partial charge in [-0.25, -0.2) is 0 Å². The summed E-state index contributed by atoms with van der Waals surface area (Å²) in [4.78, 5) is 24.5. The van der Waals surface area contributed by atoms with Crippen LogP contribution >= 0.6 is 0 Å². The quantitative estimate of drug-likeness (QED) is 0.565. The van der Waals surface area contributed by atoms with E-state index >= 15 is 0 Å². The highest BCUT2D eigenvalue weighted by molar-refractivity contribution is 5.95. The molecule has 0 aliphatic carbocycles. The maximum atomic E-state index is 12.4. The van der Waals surface area contributed by atoms with Gasteiger partial charge in [-0.05, 0) is 48.4 Å². The van der Waals surface area contributed by atoms with Crippen LogP contribution in [-0.4, -0.2) is 46.3 Å². The second kappa shape index (κ2) is 11.5. The average molecular weight is 428 g/mol. The molecular weight excluding hydrogens is 400 g/mol. The van der Waals surface area contributed by atoms with Crippen LogP contribution in [0.15, 0.2) is 42.5 Å². The molecule has 2 N–H and O–H groups in total. The van der Waals surface area contributed by atoms with E-state index in [-0.39, 0.29) is 18.4 Å². The number of nitrogens with one attached hydrogen (secondary N) is 2. The summed E-state index contributed by atoms with van der Waals surface area (Å²) in [7, 11) is 6.16. The van der Waals surface area contributed by atoms with E-state index in [4.69, 9.17) is 18.9 Å². The van der Waals surface area contributed by atoms with Gasteiger partial charge in [-0.3, -0.25) is 9.59 Å². The third kappa shape index (κ3) is 6.67. The normalized spacial score (nSPS) is 11.5. The highest BCUT2D eigenvalue weighted by atomic mass is 16.5. The van der Waals surface area contributed by atoms with E-state index in [1.54, 1.807) is 44.4 Å². The van der Waals surface area contributed by atoms with Gasteiger partial charge in [-0.15, -0.1) is 0 Å². The summed E-state index contributed by atoms with van der Waals surface area (Å²) in [5.41, 5.74) is 1.61. The molecule has 0 aliphatic heterocycles. The number of ether oxygens (including phenoxy) is 4. The Labute approximate surface area is 182 Å². The molecule has 0 spiro atoms. The molecular formula is C23H28N2O6. The minimum Gasteiger partial charge on any atom is -0.497 e. The van der Waals surface area contributed by atoms with Crippen LogP contribution < -0.4 is 29.6 Å². The van der Waals surface area contributed by atoms with Gasteiger partial charge in [-0.1, -0.05) is 12.1 Å². The molecule has 0 saturated heterocycles. The summed E-state index contributed by atoms with van der Waals surface area (Å²) in [5.74, 6) is 1.52. The van der Waals surface area contributed by atoms with Crippen molar-refractivity contribution >= 4 is 17.9 Å². The predicted octanol–water partition coefficient (Wildman–Crippen LogP) is 2.56. The average Bonchev–Trinajstić information content (AvgIpc) is 2.80. The van der Waals surface area contributed by atoms with Gasteiger partial charge in [0.25, 0.3) is 0 Å². The Morgan fingerprint density at radius 1 is 0.935 bits per heavy atom. The molecule has 8 heteroatoms. The van der Waals surface area contributed by atoms with Crippen LogP contribution in [0.4, 0.5) is 0 Å². The van der Waals surface area contributed by atoms with E-state index in [2.05, 4.69) is 10.6 Å². The third-order valence-corrected chi connectivity index (χ3v) is 4.49. The summed E-state index contributed by atoms with van der Waals surface area (Å²) in [6, 6.07) is 10.1. The molecule has 0 aliphatic rings. The van der Waals surface area contributed by atoms with Crippen molar-refractivity contribution in [1.29, 1.82) is 0 Å². The Balaban J connectivity index is 1.91. The smallest absolute Gasteiger partial charge is 0.244 e. The zero-order chi connectivity index (χ0) is 22.8. The van der Waals surface area contributed by atoms with E-state index in [9.17, 15) is 9.59 Å². The predicted molar refractivity (Wildman–Crippen MR) is 118 cm³/mol. The highest BCUT2D eigenvalue weighted by Gasteiger charge is 2.16. The molecule has 0 aromatic heterocycles. The molecule has 31 heavy (non-hydrogen) atoms. The first-order valence-electron chi connectivity index (χ1n) is 9.61. The van der Waals surface area contributed by atoms with Gasteiger partial charge in [0, 0.05) is 12.6 Å². The Morgan fingerprint density at radius 3 is 2.06 bits per heavy atom. The fraction of sp³-hybridized carbons (Fsp3) is 0.304. The zero-order valence-corrected chi connectivity index (χ0v) is 18.4. The topological polar surface area (TPSA) is 95.1 Å². The zero-order valence-electron chi connectivity index (χ0n) is 18.4. The second-order valence-corrected chi connectivity index (χ2v) is 6.59. The molecule has 2 aromatic carbocycles. The van der Waals surface area contributed by atoms with Crippen molar-refractivity contribution in [2.45, 2.75) is 19.5 Å². The minimum absolute atomic E-state index is 0.234. The highest BCUT2D eigenvalue weighted by Crippen LogP contribution is 2.38. The molecule has 2 rings (SSSR count). The number of benzene rings is 2. The Hall–Kier alpha value is -3.68. The lowest BCUT2D eigenvalue weighted by molar-refractivity contribution is -0.126. The number of amides is 2. The van der Waals surface area contributed by atoms with Crippen molar-refractivity contribution in [3.63, 3.8) is 0 Å². The number of hydrogen-bond acceptors (Lipinski definition) is 6. The molecule has 0 heterocycles. The summed E-state index contributed by atoms with van der Waals surface area (Å²) in [6.07, 6.45) is 3.04. The molecule has 2 amide bonds. The van der Waals surface area contributed by atoms with Gasteiger partial charge >= 0.3 is 0 Å². The summed E-state index contributed by atoms with van der Waals surface area (Å²) < 4.78 is 21.0. The van der Waals surface area contributed by atoms with E-state index < -0.39 is 6.04 Å². The van der Waals surface area contributed by atoms with Gasteiger partial charge in [0.1, 0.15) is 11.8 Å². The summed E-state index contributed by atoms with van der Waals surface area (Å²) in [6.45, 7) is 1.85. The molecule has 0 radical (unpaired) electrons. The largest absolute Gasteiger partial charge is 0.497 e. The van der Waals surface area contributed by atoms with Crippen LogP contribution in [0.3, 0.4) is 0 Å². The standard InChI is InChI=1S/C23H28N2O6/c1-15(25-21(26)11-8-16-6-9-18(28-2)10-7-16)23(27)24-14-17-12-19(29-3)22(31-5)20(13-17)30-4/h6-13,15H,14H2,1-5H3,(H,24,27)(H,25,26)/b11-8+. The van der Waals surface area contributed by atoms with Crippen LogP contribution in [-0.2, 0) is 16.1 Å². The summed E-state index contributed by atoms with van der Waals surface area (Å²) >= 11 is 0. The van der Waals surface area contributed by atoms with Crippen LogP contribution in [0.1, 0.15) is 18.1 Å². The van der Waals surface area contributed by atoms with Gasteiger partial charge < -0.3 is 29.6 Å². The first-order chi connectivity index (χ1) is 14.9. The molecule has 1 atom stereocenters. The Kier molecular flexibility index (Phi) is 8.75. The fourth-order valence-corrected chi connectivity index (χ4v) is 2.79. The van der Waals surface area contributed by atoms with Gasteiger partial charge in [0.05, 0.1) is 28.4 Å². The van der Waals surface area contributed by atoms with Crippen molar-refractivity contribution in [3.05, 3.63) is 53.6 Å². The van der Waals surface area contributed by atoms with Crippen LogP contribution in [0.2, 0.25) is 0 Å². The lowest BCUT2D eigenvalue weighted by Gasteiger charge is -2.16. The number of carbonyl (C=O) groups is 2. The third-order valence-electron chi connectivity index (χ3n) is 4.49. The van der Waals surface area contributed by atoms with Crippen molar-refractivity contribution < 1.29 is 28.5 Å². The molecule has 0 bridgehead atoms. The Bertz CT molecular complexity index is 899. The maximum Gasteiger partial charge on any atom is 0.244 e. The van der Waals surface area contributed by atoms with Gasteiger partial charge in [0.2, 0.25) is 17.6 Å². The van der Waals surface area contributed by atoms with Crippen molar-refractivity contribution in [2.75, 3.05) is 28.4 Å². The Morgan fingerprint density at radius 2 is 1.55 bits per heavy atom. The van der Waals surface area contributed by atoms with E-state index in [0.29, 0.717) is 17.2 Å². The molecule has 2 aromatic rings. The minimum atomic E-state index is -0.713. The molecule has 1 unspecified atom stereocenters. The SMILES string of the molecule is COc1ccc(/C=C/C(=O)NC(C)C(=O)NCc2cc(OC)c(OC)c(OC)c2)cc1. The fourth-order valence-electron chi connectivity index (χ4n) is 2.79. The van der Waals surface area contributed by atoms with Crippen molar-refractivity contribution in [1.82, 2.24) is 10.6 Å². The van der Waals surface area contributed by atoms with Crippen LogP contribution in [0.5, 0.6) is 23.0 Å². The molecule has 0 saturated carbocycles. The molecule has 0 fully saturated rings. The van der Waals surface area contributed by atoms with Crippen molar-refractivity contribution in [3.8, 4) is 23.0 Å². The van der Waals surface area contributed by atoms with Crippen LogP contribution in [0.25, 0.3) is 6.08 Å². The molecule has 8 nitrogen and oxygen atoms in total. The lowest BCUT2D eigenvalue weighted by atomic mass is 10.1. The van der Waals surface area contributed by atoms with E-state index in [1.165, 1.54) is 27.4 Å². The van der Waals surface area contributed by atoms with Gasteiger partial charge in [0.15, 0.2) is 11.5 Å². The lowest BCUT2D eigenvalue weighted by Crippen LogP contribution is -2.44. The number of hydrogen-bond donors (Lipinski definition) is 2. The van der Waals surface area contributed by atoms with Gasteiger partial charge in [-0.2, -0.15) is 0 Å². The van der Waals surface area contributed by atoms with E-state index in [0.717, 1.165) is 16.9 Å². The maximum absolute atomic E-state index is 12.4. The summed E-state index contributed by atoms with van der Waals surface area (Å²) in [5, 5.41) is 5.43. The van der Waals surface area contributed by atoms with Crippen LogP contribution in [0, 0.1) is 0 Å². The monoisotopic (exact) mass is 428 g/mol. The number of methoxy groups -OCH3 is 4. The van der Waals surface area contributed by atoms with Crippen molar-refractivity contribution in [2.24, 2.45) is 0 Å². The first kappa shape index (κ1) is 23.6. The number of carbonyl (C=O) groups excluding carboxylic acids is 2. The molecule has 166 valence electrons. The second-order valence-electron chi connectivity index (χ2n) is 6.59.